The van der Waals surface area contributed by atoms with Gasteiger partial charge >= 0.3 is 0 Å². The zero-order valence-corrected chi connectivity index (χ0v) is 19.2. The first kappa shape index (κ1) is 25.6. The molecule has 0 atom stereocenters. The number of hydrogen-bond acceptors (Lipinski definition) is 4. The van der Waals surface area contributed by atoms with E-state index < -0.39 is 0 Å². The van der Waals surface area contributed by atoms with Crippen LogP contribution in [0.5, 0.6) is 0 Å². The maximum Gasteiger partial charge on any atom is 0.224 e. The molecule has 0 fully saturated rings. The van der Waals surface area contributed by atoms with Crippen LogP contribution in [0.15, 0.2) is 48.5 Å². The average molecular weight is 453 g/mol. The molecule has 2 rings (SSSR count). The largest absolute Gasteiger partial charge is 0.326 e. The fraction of sp³-hybridized carbons (Fsp3) is 0.360. The minimum absolute atomic E-state index is 0.0686. The molecule has 0 spiro atoms. The van der Waals surface area contributed by atoms with E-state index >= 15 is 0 Å². The highest BCUT2D eigenvalue weighted by molar-refractivity contribution is 5.95. The number of nitrogens with one attached hydrogen (secondary N) is 4. The lowest BCUT2D eigenvalue weighted by Crippen LogP contribution is -2.15. The van der Waals surface area contributed by atoms with E-state index in [0.717, 1.165) is 12.8 Å². The third-order valence-electron chi connectivity index (χ3n) is 4.62. The van der Waals surface area contributed by atoms with E-state index in [-0.39, 0.29) is 36.5 Å². The summed E-state index contributed by atoms with van der Waals surface area (Å²) in [6.45, 7) is 3.86. The maximum atomic E-state index is 12.2. The minimum atomic E-state index is -0.208. The van der Waals surface area contributed by atoms with Crippen LogP contribution in [0.3, 0.4) is 0 Å². The van der Waals surface area contributed by atoms with Crippen molar-refractivity contribution >= 4 is 46.4 Å². The van der Waals surface area contributed by atoms with Gasteiger partial charge in [0, 0.05) is 48.4 Å². The van der Waals surface area contributed by atoms with Gasteiger partial charge in [-0.15, -0.1) is 0 Å². The third-order valence-corrected chi connectivity index (χ3v) is 4.62. The van der Waals surface area contributed by atoms with Crippen LogP contribution >= 0.6 is 0 Å². The molecule has 4 amide bonds. The summed E-state index contributed by atoms with van der Waals surface area (Å²) in [5.41, 5.74) is 2.42. The van der Waals surface area contributed by atoms with Crippen LogP contribution in [-0.2, 0) is 19.2 Å². The second-order valence-electron chi connectivity index (χ2n) is 7.71. The smallest absolute Gasteiger partial charge is 0.224 e. The number of carbonyl (C=O) groups excluding carboxylic acids is 4. The quantitative estimate of drug-likeness (QED) is 0.366. The molecule has 0 aliphatic rings. The van der Waals surface area contributed by atoms with Crippen molar-refractivity contribution in [1.29, 1.82) is 0 Å². The van der Waals surface area contributed by atoms with Gasteiger partial charge in [0.15, 0.2) is 0 Å². The summed E-state index contributed by atoms with van der Waals surface area (Å²) in [6, 6.07) is 13.9. The Morgan fingerprint density at radius 3 is 1.15 bits per heavy atom. The highest BCUT2D eigenvalue weighted by Gasteiger charge is 2.08. The molecule has 0 aliphatic carbocycles. The Kier molecular flexibility index (Phi) is 10.6. The number of anilines is 4. The zero-order valence-electron chi connectivity index (χ0n) is 19.2. The van der Waals surface area contributed by atoms with E-state index in [0.29, 0.717) is 42.0 Å². The Hall–Kier alpha value is -3.68. The summed E-state index contributed by atoms with van der Waals surface area (Å²) in [6.07, 6.45) is 3.16. The highest BCUT2D eigenvalue weighted by Crippen LogP contribution is 2.17. The van der Waals surface area contributed by atoms with Gasteiger partial charge in [-0.25, -0.2) is 0 Å². The standard InChI is InChI=1S/C25H32N4O4/c1-3-8-22(30)26-18-10-5-12-20(16-18)28-24(32)14-7-15-25(33)29-21-13-6-11-19(17-21)27-23(31)9-4-2/h5-6,10-13,16-17H,3-4,7-9,14-15H2,1-2H3,(H,26,30)(H,27,31)(H,28,32)(H,29,33). The van der Waals surface area contributed by atoms with Crippen molar-refractivity contribution in [3.8, 4) is 0 Å². The number of carbonyl (C=O) groups is 4. The molecule has 0 saturated carbocycles. The topological polar surface area (TPSA) is 116 Å². The van der Waals surface area contributed by atoms with Gasteiger partial charge in [-0.05, 0) is 55.7 Å². The summed E-state index contributed by atoms with van der Waals surface area (Å²) >= 11 is 0. The Labute approximate surface area is 194 Å². The molecule has 4 N–H and O–H groups in total. The second-order valence-corrected chi connectivity index (χ2v) is 7.71. The van der Waals surface area contributed by atoms with Gasteiger partial charge in [0.05, 0.1) is 0 Å². The molecule has 33 heavy (non-hydrogen) atoms. The second kappa shape index (κ2) is 13.7. The first-order valence-corrected chi connectivity index (χ1v) is 11.3. The van der Waals surface area contributed by atoms with Crippen molar-refractivity contribution in [1.82, 2.24) is 0 Å². The zero-order chi connectivity index (χ0) is 24.1. The molecule has 0 bridgehead atoms. The first-order chi connectivity index (χ1) is 15.9. The van der Waals surface area contributed by atoms with Crippen LogP contribution in [0.25, 0.3) is 0 Å². The van der Waals surface area contributed by atoms with E-state index in [1.165, 1.54) is 0 Å². The maximum absolute atomic E-state index is 12.2. The van der Waals surface area contributed by atoms with Crippen molar-refractivity contribution < 1.29 is 19.2 Å². The third kappa shape index (κ3) is 9.99. The van der Waals surface area contributed by atoms with Crippen molar-refractivity contribution in [3.63, 3.8) is 0 Å². The minimum Gasteiger partial charge on any atom is -0.326 e. The van der Waals surface area contributed by atoms with E-state index in [1.807, 2.05) is 13.8 Å². The van der Waals surface area contributed by atoms with Crippen LogP contribution < -0.4 is 21.3 Å². The van der Waals surface area contributed by atoms with E-state index in [2.05, 4.69) is 21.3 Å². The fourth-order valence-electron chi connectivity index (χ4n) is 3.11. The lowest BCUT2D eigenvalue weighted by atomic mass is 10.2. The summed E-state index contributed by atoms with van der Waals surface area (Å²) in [7, 11) is 0. The molecular formula is C25H32N4O4. The van der Waals surface area contributed by atoms with Crippen LogP contribution in [0.4, 0.5) is 22.7 Å². The number of hydrogen-bond donors (Lipinski definition) is 4. The molecule has 0 heterocycles. The van der Waals surface area contributed by atoms with Crippen LogP contribution in [-0.4, -0.2) is 23.6 Å². The van der Waals surface area contributed by atoms with Crippen molar-refractivity contribution in [2.75, 3.05) is 21.3 Å². The van der Waals surface area contributed by atoms with E-state index in [9.17, 15) is 19.2 Å². The highest BCUT2D eigenvalue weighted by atomic mass is 16.2. The molecule has 0 saturated heterocycles. The summed E-state index contributed by atoms with van der Waals surface area (Å²) in [5.74, 6) is -0.553. The lowest BCUT2D eigenvalue weighted by molar-refractivity contribution is -0.118. The van der Waals surface area contributed by atoms with Crippen LogP contribution in [0.1, 0.15) is 58.8 Å². The molecule has 0 aliphatic heterocycles. The van der Waals surface area contributed by atoms with Gasteiger partial charge in [-0.1, -0.05) is 26.0 Å². The Morgan fingerprint density at radius 2 is 0.848 bits per heavy atom. The Morgan fingerprint density at radius 1 is 0.545 bits per heavy atom. The predicted octanol–water partition coefficient (Wildman–Crippen LogP) is 4.91. The van der Waals surface area contributed by atoms with E-state index in [4.69, 9.17) is 0 Å². The Bertz CT molecular complexity index is 897. The average Bonchev–Trinajstić information content (AvgIpc) is 2.74. The van der Waals surface area contributed by atoms with Crippen LogP contribution in [0.2, 0.25) is 0 Å². The normalized spacial score (nSPS) is 10.2. The van der Waals surface area contributed by atoms with Gasteiger partial charge in [0.2, 0.25) is 23.6 Å². The molecule has 0 radical (unpaired) electrons. The van der Waals surface area contributed by atoms with Crippen molar-refractivity contribution in [2.24, 2.45) is 0 Å². The van der Waals surface area contributed by atoms with Crippen molar-refractivity contribution in [3.05, 3.63) is 48.5 Å². The van der Waals surface area contributed by atoms with Crippen molar-refractivity contribution in [2.45, 2.75) is 58.8 Å². The number of rotatable bonds is 12. The summed E-state index contributed by atoms with van der Waals surface area (Å²) < 4.78 is 0. The molecule has 2 aromatic rings. The summed E-state index contributed by atoms with van der Waals surface area (Å²) in [5, 5.41) is 11.2. The predicted molar refractivity (Wildman–Crippen MR) is 131 cm³/mol. The molecule has 0 aromatic heterocycles. The Balaban J connectivity index is 1.76. The van der Waals surface area contributed by atoms with Gasteiger partial charge < -0.3 is 21.3 Å². The van der Waals surface area contributed by atoms with Gasteiger partial charge in [-0.3, -0.25) is 19.2 Å². The molecule has 176 valence electrons. The van der Waals surface area contributed by atoms with E-state index in [1.54, 1.807) is 48.5 Å². The SMILES string of the molecule is CCCC(=O)Nc1cccc(NC(=O)CCCC(=O)Nc2cccc(NC(=O)CCC)c2)c1. The monoisotopic (exact) mass is 452 g/mol. The fourth-order valence-corrected chi connectivity index (χ4v) is 3.11. The molecule has 0 unspecified atom stereocenters. The van der Waals surface area contributed by atoms with Gasteiger partial charge in [-0.2, -0.15) is 0 Å². The molecule has 2 aromatic carbocycles. The number of amides is 4. The van der Waals surface area contributed by atoms with Gasteiger partial charge in [0.25, 0.3) is 0 Å². The number of benzene rings is 2. The van der Waals surface area contributed by atoms with Gasteiger partial charge in [0.1, 0.15) is 0 Å². The first-order valence-electron chi connectivity index (χ1n) is 11.3. The molecular weight excluding hydrogens is 420 g/mol. The van der Waals surface area contributed by atoms with Crippen LogP contribution in [0, 0.1) is 0 Å². The molecule has 8 nitrogen and oxygen atoms in total. The molecule has 8 heteroatoms. The summed E-state index contributed by atoms with van der Waals surface area (Å²) in [4.78, 5) is 47.9. The lowest BCUT2D eigenvalue weighted by Gasteiger charge is -2.10.